The van der Waals surface area contributed by atoms with Crippen LogP contribution in [-0.4, -0.2) is 48.6 Å². The molecule has 0 spiro atoms. The highest BCUT2D eigenvalue weighted by atomic mass is 32.1. The predicted molar refractivity (Wildman–Crippen MR) is 61.6 cm³/mol. The molecule has 6 heteroatoms. The molecule has 2 heterocycles. The zero-order valence-electron chi connectivity index (χ0n) is 9.02. The number of hydrogen-bond donors (Lipinski definition) is 1. The van der Waals surface area contributed by atoms with Crippen molar-refractivity contribution in [1.82, 2.24) is 9.88 Å². The fourth-order valence-corrected chi connectivity index (χ4v) is 2.39. The predicted octanol–water partition coefficient (Wildman–Crippen LogP) is 0.117. The van der Waals surface area contributed by atoms with Crippen LogP contribution in [0.5, 0.6) is 0 Å². The second-order valence-electron chi connectivity index (χ2n) is 3.69. The molecular formula is C10H15N3O2S. The summed E-state index contributed by atoms with van der Waals surface area (Å²) in [6.07, 6.45) is 0.873. The van der Waals surface area contributed by atoms with E-state index in [2.05, 4.69) is 9.88 Å². The monoisotopic (exact) mass is 241 g/mol. The number of hydrogen-bond acceptors (Lipinski definition) is 5. The van der Waals surface area contributed by atoms with Crippen molar-refractivity contribution in [2.45, 2.75) is 6.42 Å². The molecule has 0 unspecified atom stereocenters. The Hall–Kier alpha value is -0.980. The third kappa shape index (κ3) is 3.01. The smallest absolute Gasteiger partial charge is 0.268 e. The number of nitrogens with zero attached hydrogens (tertiary/aromatic N) is 2. The minimum absolute atomic E-state index is 0.377. The van der Waals surface area contributed by atoms with Gasteiger partial charge in [0.1, 0.15) is 5.69 Å². The highest BCUT2D eigenvalue weighted by Gasteiger charge is 2.12. The van der Waals surface area contributed by atoms with Gasteiger partial charge in [-0.15, -0.1) is 11.3 Å². The van der Waals surface area contributed by atoms with Gasteiger partial charge in [-0.25, -0.2) is 4.98 Å². The molecule has 88 valence electrons. The van der Waals surface area contributed by atoms with Gasteiger partial charge in [0.25, 0.3) is 5.91 Å². The third-order valence-electron chi connectivity index (χ3n) is 2.55. The van der Waals surface area contributed by atoms with Crippen molar-refractivity contribution in [1.29, 1.82) is 0 Å². The standard InChI is InChI=1S/C10H15N3O2S/c11-10(14)8-7-16-9(12-8)1-2-13-3-5-15-6-4-13/h7H,1-6H2,(H2,11,14). The molecule has 0 aliphatic carbocycles. The van der Waals surface area contributed by atoms with Crippen LogP contribution >= 0.6 is 11.3 Å². The Morgan fingerprint density at radius 2 is 2.31 bits per heavy atom. The largest absolute Gasteiger partial charge is 0.379 e. The molecule has 16 heavy (non-hydrogen) atoms. The number of rotatable bonds is 4. The Labute approximate surface area is 98.2 Å². The maximum atomic E-state index is 10.9. The van der Waals surface area contributed by atoms with E-state index in [0.717, 1.165) is 44.3 Å². The van der Waals surface area contributed by atoms with Gasteiger partial charge in [0, 0.05) is 31.4 Å². The van der Waals surface area contributed by atoms with Gasteiger partial charge in [0.15, 0.2) is 0 Å². The Bertz CT molecular complexity index is 361. The number of morpholine rings is 1. The van der Waals surface area contributed by atoms with Crippen molar-refractivity contribution < 1.29 is 9.53 Å². The second-order valence-corrected chi connectivity index (χ2v) is 4.64. The normalized spacial score (nSPS) is 17.5. The SMILES string of the molecule is NC(=O)c1csc(CCN2CCOCC2)n1. The van der Waals surface area contributed by atoms with Gasteiger partial charge >= 0.3 is 0 Å². The summed E-state index contributed by atoms with van der Waals surface area (Å²) >= 11 is 1.50. The van der Waals surface area contributed by atoms with Crippen molar-refractivity contribution in [3.63, 3.8) is 0 Å². The van der Waals surface area contributed by atoms with E-state index in [-0.39, 0.29) is 0 Å². The zero-order chi connectivity index (χ0) is 11.4. The van der Waals surface area contributed by atoms with Crippen LogP contribution in [-0.2, 0) is 11.2 Å². The number of amides is 1. The Kier molecular flexibility index (Phi) is 3.87. The van der Waals surface area contributed by atoms with Crippen LogP contribution < -0.4 is 5.73 Å². The van der Waals surface area contributed by atoms with Crippen LogP contribution in [0, 0.1) is 0 Å². The maximum Gasteiger partial charge on any atom is 0.268 e. The summed E-state index contributed by atoms with van der Waals surface area (Å²) < 4.78 is 5.27. The van der Waals surface area contributed by atoms with Crippen LogP contribution in [0.3, 0.4) is 0 Å². The third-order valence-corrected chi connectivity index (χ3v) is 3.46. The van der Waals surface area contributed by atoms with E-state index in [1.165, 1.54) is 11.3 Å². The summed E-state index contributed by atoms with van der Waals surface area (Å²) in [5, 5.41) is 2.69. The van der Waals surface area contributed by atoms with Crippen LogP contribution in [0.15, 0.2) is 5.38 Å². The van der Waals surface area contributed by atoms with E-state index >= 15 is 0 Å². The van der Waals surface area contributed by atoms with E-state index in [9.17, 15) is 4.79 Å². The Balaban J connectivity index is 1.81. The quantitative estimate of drug-likeness (QED) is 0.812. The summed E-state index contributed by atoms with van der Waals surface area (Å²) in [6.45, 7) is 4.55. The molecule has 0 bridgehead atoms. The number of aromatic nitrogens is 1. The van der Waals surface area contributed by atoms with Crippen molar-refractivity contribution in [2.24, 2.45) is 5.73 Å². The van der Waals surface area contributed by atoms with Crippen LogP contribution in [0.2, 0.25) is 0 Å². The van der Waals surface area contributed by atoms with Crippen molar-refractivity contribution >= 4 is 17.2 Å². The van der Waals surface area contributed by atoms with E-state index < -0.39 is 5.91 Å². The lowest BCUT2D eigenvalue weighted by molar-refractivity contribution is 0.0384. The van der Waals surface area contributed by atoms with Crippen molar-refractivity contribution in [3.05, 3.63) is 16.1 Å². The first-order valence-corrected chi connectivity index (χ1v) is 6.18. The number of carbonyl (C=O) groups excluding carboxylic acids is 1. The van der Waals surface area contributed by atoms with Crippen molar-refractivity contribution in [2.75, 3.05) is 32.8 Å². The summed E-state index contributed by atoms with van der Waals surface area (Å²) in [6, 6.07) is 0. The number of thiazole rings is 1. The molecule has 5 nitrogen and oxygen atoms in total. The zero-order valence-corrected chi connectivity index (χ0v) is 9.83. The number of nitrogens with two attached hydrogens (primary N) is 1. The minimum Gasteiger partial charge on any atom is -0.379 e. The second kappa shape index (κ2) is 5.38. The molecule has 0 aromatic carbocycles. The maximum absolute atomic E-state index is 10.9. The van der Waals surface area contributed by atoms with E-state index in [1.54, 1.807) is 5.38 Å². The summed E-state index contributed by atoms with van der Waals surface area (Å²) in [5.74, 6) is -0.450. The highest BCUT2D eigenvalue weighted by Crippen LogP contribution is 2.11. The van der Waals surface area contributed by atoms with E-state index in [0.29, 0.717) is 5.69 Å². The molecule has 1 fully saturated rings. The van der Waals surface area contributed by atoms with E-state index in [1.807, 2.05) is 0 Å². The lowest BCUT2D eigenvalue weighted by Crippen LogP contribution is -2.37. The van der Waals surface area contributed by atoms with Crippen molar-refractivity contribution in [3.8, 4) is 0 Å². The molecule has 1 amide bonds. The number of ether oxygens (including phenoxy) is 1. The Morgan fingerprint density at radius 1 is 1.56 bits per heavy atom. The molecule has 1 aliphatic rings. The molecule has 1 aromatic rings. The van der Waals surface area contributed by atoms with Gasteiger partial charge in [-0.2, -0.15) is 0 Å². The lowest BCUT2D eigenvalue weighted by atomic mass is 10.3. The first kappa shape index (κ1) is 11.5. The molecule has 1 aliphatic heterocycles. The topological polar surface area (TPSA) is 68.5 Å². The van der Waals surface area contributed by atoms with Gasteiger partial charge in [-0.1, -0.05) is 0 Å². The fourth-order valence-electron chi connectivity index (χ4n) is 1.62. The average molecular weight is 241 g/mol. The number of primary amides is 1. The van der Waals surface area contributed by atoms with Crippen LogP contribution in [0.25, 0.3) is 0 Å². The Morgan fingerprint density at radius 3 is 2.94 bits per heavy atom. The van der Waals surface area contributed by atoms with Gasteiger partial charge in [-0.3, -0.25) is 9.69 Å². The molecule has 2 N–H and O–H groups in total. The van der Waals surface area contributed by atoms with Gasteiger partial charge in [0.05, 0.1) is 18.2 Å². The average Bonchev–Trinajstić information content (AvgIpc) is 2.76. The fraction of sp³-hybridized carbons (Fsp3) is 0.600. The van der Waals surface area contributed by atoms with Crippen LogP contribution in [0.1, 0.15) is 15.5 Å². The summed E-state index contributed by atoms with van der Waals surface area (Å²) in [7, 11) is 0. The molecule has 2 rings (SSSR count). The lowest BCUT2D eigenvalue weighted by Gasteiger charge is -2.25. The van der Waals surface area contributed by atoms with Crippen LogP contribution in [0.4, 0.5) is 0 Å². The molecule has 0 saturated carbocycles. The van der Waals surface area contributed by atoms with Gasteiger partial charge in [-0.05, 0) is 0 Å². The molecule has 0 radical (unpaired) electrons. The summed E-state index contributed by atoms with van der Waals surface area (Å²) in [4.78, 5) is 17.4. The van der Waals surface area contributed by atoms with Gasteiger partial charge < -0.3 is 10.5 Å². The molecular weight excluding hydrogens is 226 g/mol. The minimum atomic E-state index is -0.450. The molecule has 1 saturated heterocycles. The first-order chi connectivity index (χ1) is 7.75. The van der Waals surface area contributed by atoms with Gasteiger partial charge in [0.2, 0.25) is 0 Å². The molecule has 0 atom stereocenters. The number of carbonyl (C=O) groups is 1. The first-order valence-electron chi connectivity index (χ1n) is 5.30. The van der Waals surface area contributed by atoms with E-state index in [4.69, 9.17) is 10.5 Å². The highest BCUT2D eigenvalue weighted by molar-refractivity contribution is 7.09. The molecule has 1 aromatic heterocycles. The summed E-state index contributed by atoms with van der Waals surface area (Å²) in [5.41, 5.74) is 5.52.